The van der Waals surface area contributed by atoms with Gasteiger partial charge in [0.05, 0.1) is 12.2 Å². The molecule has 156 valence electrons. The largest absolute Gasteiger partial charge is 0.494 e. The number of hydrogen-bond donors (Lipinski definition) is 2. The molecule has 0 aliphatic carbocycles. The molecule has 0 radical (unpaired) electrons. The molecule has 2 N–H and O–H groups in total. The fourth-order valence-corrected chi connectivity index (χ4v) is 2.59. The molecule has 0 saturated carbocycles. The number of hydrazine groups is 1. The first-order valence-corrected chi connectivity index (χ1v) is 9.32. The molecule has 30 heavy (non-hydrogen) atoms. The molecule has 2 amide bonds. The number of hydrogen-bond acceptors (Lipinski definition) is 5. The van der Waals surface area contributed by atoms with Gasteiger partial charge in [-0.05, 0) is 62.4 Å². The van der Waals surface area contributed by atoms with Crippen LogP contribution in [-0.2, 0) is 4.79 Å². The Morgan fingerprint density at radius 2 is 1.70 bits per heavy atom. The normalized spacial score (nSPS) is 11.4. The first-order valence-electron chi connectivity index (χ1n) is 9.32. The van der Waals surface area contributed by atoms with Crippen molar-refractivity contribution >= 4 is 11.8 Å². The molecule has 0 aliphatic heterocycles. The number of carbonyl (C=O) groups is 2. The molecular formula is C22H21FN2O5. The smallest absolute Gasteiger partial charge is 0.305 e. The number of rotatable bonds is 7. The van der Waals surface area contributed by atoms with Gasteiger partial charge in [-0.2, -0.15) is 0 Å². The molecule has 0 bridgehead atoms. The van der Waals surface area contributed by atoms with Crippen LogP contribution in [0.15, 0.2) is 65.1 Å². The highest BCUT2D eigenvalue weighted by Crippen LogP contribution is 2.24. The van der Waals surface area contributed by atoms with Gasteiger partial charge >= 0.3 is 5.91 Å². The fourth-order valence-electron chi connectivity index (χ4n) is 2.59. The first-order chi connectivity index (χ1) is 14.5. The summed E-state index contributed by atoms with van der Waals surface area (Å²) in [4.78, 5) is 24.4. The summed E-state index contributed by atoms with van der Waals surface area (Å²) in [6, 6.07) is 15.7. The van der Waals surface area contributed by atoms with Crippen LogP contribution in [0.1, 0.15) is 24.4 Å². The van der Waals surface area contributed by atoms with E-state index in [1.165, 1.54) is 24.3 Å². The second-order valence-corrected chi connectivity index (χ2v) is 6.25. The summed E-state index contributed by atoms with van der Waals surface area (Å²) in [5.41, 5.74) is 4.75. The van der Waals surface area contributed by atoms with Crippen LogP contribution in [0.4, 0.5) is 4.39 Å². The number of ether oxygens (including phenoxy) is 2. The zero-order valence-electron chi connectivity index (χ0n) is 16.5. The van der Waals surface area contributed by atoms with Crippen molar-refractivity contribution in [2.45, 2.75) is 20.0 Å². The van der Waals surface area contributed by atoms with E-state index in [2.05, 4.69) is 10.9 Å². The Bertz CT molecular complexity index is 1020. The highest BCUT2D eigenvalue weighted by molar-refractivity contribution is 5.94. The Balaban J connectivity index is 1.53. The van der Waals surface area contributed by atoms with E-state index in [4.69, 9.17) is 13.9 Å². The van der Waals surface area contributed by atoms with E-state index in [9.17, 15) is 14.0 Å². The monoisotopic (exact) mass is 412 g/mol. The molecule has 0 spiro atoms. The van der Waals surface area contributed by atoms with Crippen LogP contribution < -0.4 is 20.3 Å². The van der Waals surface area contributed by atoms with Crippen molar-refractivity contribution in [1.82, 2.24) is 10.9 Å². The lowest BCUT2D eigenvalue weighted by Crippen LogP contribution is -2.47. The van der Waals surface area contributed by atoms with Crippen molar-refractivity contribution in [1.29, 1.82) is 0 Å². The molecule has 1 aromatic heterocycles. The van der Waals surface area contributed by atoms with Gasteiger partial charge in [0, 0.05) is 0 Å². The van der Waals surface area contributed by atoms with Crippen LogP contribution in [0, 0.1) is 5.82 Å². The third-order valence-electron chi connectivity index (χ3n) is 4.09. The summed E-state index contributed by atoms with van der Waals surface area (Å²) in [6.07, 6.45) is -0.867. The van der Waals surface area contributed by atoms with Crippen molar-refractivity contribution in [2.24, 2.45) is 0 Å². The molecule has 8 heteroatoms. The number of amides is 2. The maximum absolute atomic E-state index is 13.8. The molecule has 1 heterocycles. The van der Waals surface area contributed by atoms with Gasteiger partial charge in [0.2, 0.25) is 0 Å². The topological polar surface area (TPSA) is 89.8 Å². The third-order valence-corrected chi connectivity index (χ3v) is 4.09. The molecular weight excluding hydrogens is 391 g/mol. The summed E-state index contributed by atoms with van der Waals surface area (Å²) >= 11 is 0. The Morgan fingerprint density at radius 1 is 1.00 bits per heavy atom. The number of furan rings is 1. The van der Waals surface area contributed by atoms with E-state index < -0.39 is 23.7 Å². The highest BCUT2D eigenvalue weighted by atomic mass is 19.1. The average molecular weight is 412 g/mol. The maximum atomic E-state index is 13.8. The molecule has 7 nitrogen and oxygen atoms in total. The predicted molar refractivity (Wildman–Crippen MR) is 107 cm³/mol. The summed E-state index contributed by atoms with van der Waals surface area (Å²) in [5, 5.41) is 0. The SMILES string of the molecule is CCOc1ccc(OC(C)C(=O)NNC(=O)c2ccc(-c3ccccc3F)o2)cc1. The summed E-state index contributed by atoms with van der Waals surface area (Å²) in [7, 11) is 0. The van der Waals surface area contributed by atoms with Gasteiger partial charge in [-0.3, -0.25) is 20.4 Å². The Morgan fingerprint density at radius 3 is 2.40 bits per heavy atom. The van der Waals surface area contributed by atoms with E-state index in [0.29, 0.717) is 18.1 Å². The molecule has 0 fully saturated rings. The number of nitrogens with one attached hydrogen (secondary N) is 2. The quantitative estimate of drug-likeness (QED) is 0.578. The van der Waals surface area contributed by atoms with Crippen molar-refractivity contribution in [2.75, 3.05) is 6.61 Å². The molecule has 0 saturated heterocycles. The zero-order chi connectivity index (χ0) is 21.5. The molecule has 0 aliphatic rings. The van der Waals surface area contributed by atoms with Crippen LogP contribution in [0.3, 0.4) is 0 Å². The first kappa shape index (κ1) is 20.9. The lowest BCUT2D eigenvalue weighted by atomic mass is 10.1. The minimum atomic E-state index is -0.867. The molecule has 2 aromatic carbocycles. The van der Waals surface area contributed by atoms with E-state index in [1.807, 2.05) is 6.92 Å². The number of benzene rings is 2. The average Bonchev–Trinajstić information content (AvgIpc) is 3.23. The number of carbonyl (C=O) groups excluding carboxylic acids is 2. The second-order valence-electron chi connectivity index (χ2n) is 6.25. The van der Waals surface area contributed by atoms with E-state index in [0.717, 1.165) is 0 Å². The van der Waals surface area contributed by atoms with Gasteiger partial charge in [0.15, 0.2) is 11.9 Å². The minimum absolute atomic E-state index is 0.0753. The van der Waals surface area contributed by atoms with Gasteiger partial charge in [0.25, 0.3) is 5.91 Å². The second kappa shape index (κ2) is 9.60. The van der Waals surface area contributed by atoms with Crippen LogP contribution in [0.2, 0.25) is 0 Å². The van der Waals surface area contributed by atoms with E-state index in [-0.39, 0.29) is 17.1 Å². The molecule has 3 rings (SSSR count). The van der Waals surface area contributed by atoms with Crippen LogP contribution in [0.25, 0.3) is 11.3 Å². The van der Waals surface area contributed by atoms with E-state index >= 15 is 0 Å². The van der Waals surface area contributed by atoms with Gasteiger partial charge in [-0.25, -0.2) is 4.39 Å². The van der Waals surface area contributed by atoms with Crippen molar-refractivity contribution < 1.29 is 27.9 Å². The van der Waals surface area contributed by atoms with Gasteiger partial charge in [0.1, 0.15) is 23.1 Å². The standard InChI is InChI=1S/C22H21FN2O5/c1-3-28-15-8-10-16(11-9-15)29-14(2)21(26)24-25-22(27)20-13-12-19(30-20)17-6-4-5-7-18(17)23/h4-14H,3H2,1-2H3,(H,24,26)(H,25,27). The Hall–Kier alpha value is -3.81. The van der Waals surface area contributed by atoms with Crippen LogP contribution >= 0.6 is 0 Å². The lowest BCUT2D eigenvalue weighted by Gasteiger charge is -2.15. The highest BCUT2D eigenvalue weighted by Gasteiger charge is 2.18. The van der Waals surface area contributed by atoms with Crippen LogP contribution in [-0.4, -0.2) is 24.5 Å². The van der Waals surface area contributed by atoms with Gasteiger partial charge < -0.3 is 13.9 Å². The summed E-state index contributed by atoms with van der Waals surface area (Å²) in [5.74, 6) is -0.398. The minimum Gasteiger partial charge on any atom is -0.494 e. The summed E-state index contributed by atoms with van der Waals surface area (Å²) < 4.78 is 30.1. The van der Waals surface area contributed by atoms with Gasteiger partial charge in [-0.15, -0.1) is 0 Å². The Kier molecular flexibility index (Phi) is 6.69. The molecule has 3 aromatic rings. The van der Waals surface area contributed by atoms with Crippen molar-refractivity contribution in [3.05, 3.63) is 72.2 Å². The zero-order valence-corrected chi connectivity index (χ0v) is 16.5. The fraction of sp³-hybridized carbons (Fsp3) is 0.182. The third kappa shape index (κ3) is 5.16. The van der Waals surface area contributed by atoms with E-state index in [1.54, 1.807) is 43.3 Å². The Labute approximate surface area is 172 Å². The lowest BCUT2D eigenvalue weighted by molar-refractivity contribution is -0.128. The van der Waals surface area contributed by atoms with Crippen molar-refractivity contribution in [3.8, 4) is 22.8 Å². The molecule has 1 atom stereocenters. The van der Waals surface area contributed by atoms with Crippen LogP contribution in [0.5, 0.6) is 11.5 Å². The maximum Gasteiger partial charge on any atom is 0.305 e. The molecule has 1 unspecified atom stereocenters. The van der Waals surface area contributed by atoms with Gasteiger partial charge in [-0.1, -0.05) is 12.1 Å². The summed E-state index contributed by atoms with van der Waals surface area (Å²) in [6.45, 7) is 3.98. The number of halogens is 1. The predicted octanol–water partition coefficient (Wildman–Crippen LogP) is 3.71. The van der Waals surface area contributed by atoms with Crippen molar-refractivity contribution in [3.63, 3.8) is 0 Å².